The summed E-state index contributed by atoms with van der Waals surface area (Å²) in [5.74, 6) is 1.92. The van der Waals surface area contributed by atoms with Gasteiger partial charge in [0.15, 0.2) is 11.5 Å². The van der Waals surface area contributed by atoms with Crippen LogP contribution in [0.1, 0.15) is 51.0 Å². The van der Waals surface area contributed by atoms with E-state index < -0.39 is 0 Å². The lowest BCUT2D eigenvalue weighted by atomic mass is 9.75. The Labute approximate surface area is 148 Å². The van der Waals surface area contributed by atoms with Crippen molar-refractivity contribution in [1.29, 1.82) is 0 Å². The van der Waals surface area contributed by atoms with Crippen LogP contribution in [0.5, 0.6) is 11.5 Å². The van der Waals surface area contributed by atoms with Crippen LogP contribution in [0.2, 0.25) is 0 Å². The Morgan fingerprint density at radius 2 is 1.96 bits per heavy atom. The van der Waals surface area contributed by atoms with Crippen LogP contribution >= 0.6 is 0 Å². The van der Waals surface area contributed by atoms with Gasteiger partial charge in [-0.25, -0.2) is 0 Å². The lowest BCUT2D eigenvalue weighted by Gasteiger charge is -2.45. The van der Waals surface area contributed by atoms with Gasteiger partial charge < -0.3 is 19.5 Å². The quantitative estimate of drug-likeness (QED) is 0.915. The number of carbonyl (C=O) groups is 1. The predicted molar refractivity (Wildman–Crippen MR) is 93.6 cm³/mol. The van der Waals surface area contributed by atoms with Crippen molar-refractivity contribution >= 4 is 5.91 Å². The number of carbonyl (C=O) groups excluding carboxylic acids is 1. The van der Waals surface area contributed by atoms with E-state index in [4.69, 9.17) is 9.47 Å². The molecule has 2 fully saturated rings. The number of hydrogen-bond acceptors (Lipinski definition) is 4. The second-order valence-corrected chi connectivity index (χ2v) is 8.16. The van der Waals surface area contributed by atoms with Crippen LogP contribution in [0.3, 0.4) is 0 Å². The van der Waals surface area contributed by atoms with Gasteiger partial charge in [0.25, 0.3) is 0 Å². The number of fused-ring (bicyclic) bond motifs is 1. The van der Waals surface area contributed by atoms with Crippen molar-refractivity contribution in [3.8, 4) is 11.5 Å². The van der Waals surface area contributed by atoms with Crippen molar-refractivity contribution in [2.75, 3.05) is 13.3 Å². The van der Waals surface area contributed by atoms with E-state index in [9.17, 15) is 9.90 Å². The molecule has 5 heteroatoms. The van der Waals surface area contributed by atoms with Gasteiger partial charge in [-0.3, -0.25) is 4.79 Å². The second kappa shape index (κ2) is 6.52. The number of rotatable bonds is 3. The predicted octanol–water partition coefficient (Wildman–Crippen LogP) is 2.89. The summed E-state index contributed by atoms with van der Waals surface area (Å²) in [5, 5.41) is 9.74. The zero-order valence-corrected chi connectivity index (χ0v) is 14.9. The normalized spacial score (nSPS) is 32.1. The molecule has 0 radical (unpaired) electrons. The number of piperidine rings is 1. The van der Waals surface area contributed by atoms with E-state index >= 15 is 0 Å². The first-order chi connectivity index (χ1) is 12.0. The summed E-state index contributed by atoms with van der Waals surface area (Å²) in [4.78, 5) is 14.6. The van der Waals surface area contributed by atoms with Crippen molar-refractivity contribution in [3.05, 3.63) is 23.8 Å². The van der Waals surface area contributed by atoms with Crippen LogP contribution in [0.25, 0.3) is 0 Å². The third-order valence-corrected chi connectivity index (χ3v) is 5.99. The second-order valence-electron chi connectivity index (χ2n) is 8.16. The molecule has 0 unspecified atom stereocenters. The Morgan fingerprint density at radius 1 is 1.20 bits per heavy atom. The molecule has 25 heavy (non-hydrogen) atoms. The Balaban J connectivity index is 1.46. The number of hydrogen-bond donors (Lipinski definition) is 1. The number of likely N-dealkylation sites (tertiary alicyclic amines) is 1. The molecule has 5 nitrogen and oxygen atoms in total. The molecule has 1 aromatic carbocycles. The highest BCUT2D eigenvalue weighted by atomic mass is 16.7. The fourth-order valence-electron chi connectivity index (χ4n) is 4.52. The Hall–Kier alpha value is -1.75. The molecule has 2 heterocycles. The average Bonchev–Trinajstić information content (AvgIpc) is 3.06. The first-order valence-corrected chi connectivity index (χ1v) is 9.38. The maximum atomic E-state index is 12.5. The van der Waals surface area contributed by atoms with E-state index in [0.29, 0.717) is 19.3 Å². The van der Waals surface area contributed by atoms with E-state index in [1.54, 1.807) is 0 Å². The van der Waals surface area contributed by atoms with Gasteiger partial charge in [0.1, 0.15) is 0 Å². The lowest BCUT2D eigenvalue weighted by Crippen LogP contribution is -2.52. The van der Waals surface area contributed by atoms with Crippen molar-refractivity contribution in [2.45, 2.75) is 64.0 Å². The van der Waals surface area contributed by atoms with Gasteiger partial charge in [-0.15, -0.1) is 0 Å². The van der Waals surface area contributed by atoms with Crippen LogP contribution in [0.4, 0.5) is 0 Å². The molecule has 3 aliphatic rings. The Morgan fingerprint density at radius 3 is 2.76 bits per heavy atom. The molecule has 0 spiro atoms. The molecule has 1 saturated carbocycles. The number of nitrogens with zero attached hydrogens (tertiary/aromatic N) is 1. The molecule has 0 aromatic heterocycles. The van der Waals surface area contributed by atoms with Crippen LogP contribution in [0, 0.1) is 5.41 Å². The van der Waals surface area contributed by atoms with Crippen LogP contribution in [-0.2, 0) is 11.2 Å². The number of aliphatic hydroxyl groups is 1. The van der Waals surface area contributed by atoms with E-state index in [0.717, 1.165) is 56.6 Å². The highest BCUT2D eigenvalue weighted by Crippen LogP contribution is 2.39. The van der Waals surface area contributed by atoms with Crippen LogP contribution in [0.15, 0.2) is 18.2 Å². The van der Waals surface area contributed by atoms with Gasteiger partial charge in [-0.05, 0) is 61.6 Å². The molecule has 1 saturated heterocycles. The van der Waals surface area contributed by atoms with Crippen LogP contribution in [-0.4, -0.2) is 41.4 Å². The molecular weight excluding hydrogens is 318 g/mol. The Kier molecular flexibility index (Phi) is 4.36. The molecule has 1 N–H and O–H groups in total. The summed E-state index contributed by atoms with van der Waals surface area (Å²) >= 11 is 0. The summed E-state index contributed by atoms with van der Waals surface area (Å²) in [6, 6.07) is 6.46. The third kappa shape index (κ3) is 3.47. The standard InChI is InChI=1S/C20H27NO4/c1-20(11-14-2-7-17-18(10-14)25-13-24-17)9-8-19(23)21(12-20)15-3-5-16(22)6-4-15/h2,7,10,15-16,22H,3-6,8-9,11-13H2,1H3/t15?,16?,20-/m0/s1. The van der Waals surface area contributed by atoms with Gasteiger partial charge in [0.2, 0.25) is 12.7 Å². The van der Waals surface area contributed by atoms with E-state index in [-0.39, 0.29) is 17.4 Å². The number of aliphatic hydroxyl groups excluding tert-OH is 1. The van der Waals surface area contributed by atoms with Crippen LogP contribution < -0.4 is 9.47 Å². The number of benzene rings is 1. The van der Waals surface area contributed by atoms with Crippen molar-refractivity contribution in [3.63, 3.8) is 0 Å². The van der Waals surface area contributed by atoms with Gasteiger partial charge >= 0.3 is 0 Å². The van der Waals surface area contributed by atoms with Gasteiger partial charge in [0.05, 0.1) is 6.10 Å². The first-order valence-electron chi connectivity index (χ1n) is 9.38. The van der Waals surface area contributed by atoms with Crippen molar-refractivity contribution in [1.82, 2.24) is 4.90 Å². The molecule has 4 rings (SSSR count). The molecule has 136 valence electrons. The third-order valence-electron chi connectivity index (χ3n) is 5.99. The van der Waals surface area contributed by atoms with E-state index in [1.165, 1.54) is 5.56 Å². The van der Waals surface area contributed by atoms with Crippen molar-refractivity contribution < 1.29 is 19.4 Å². The number of ether oxygens (including phenoxy) is 2. The molecular formula is C20H27NO4. The maximum absolute atomic E-state index is 12.5. The number of amides is 1. The Bertz CT molecular complexity index is 653. The van der Waals surface area contributed by atoms with Crippen molar-refractivity contribution in [2.24, 2.45) is 5.41 Å². The SMILES string of the molecule is C[C@@]1(Cc2ccc3c(c2)OCO3)CCC(=O)N(C2CCC(O)CC2)C1. The first kappa shape index (κ1) is 16.7. The minimum atomic E-state index is -0.184. The molecule has 2 aliphatic heterocycles. The fraction of sp³-hybridized carbons (Fsp3) is 0.650. The monoisotopic (exact) mass is 345 g/mol. The lowest BCUT2D eigenvalue weighted by molar-refractivity contribution is -0.141. The smallest absolute Gasteiger partial charge is 0.231 e. The molecule has 1 aliphatic carbocycles. The summed E-state index contributed by atoms with van der Waals surface area (Å²) in [7, 11) is 0. The highest BCUT2D eigenvalue weighted by Gasteiger charge is 2.39. The zero-order chi connectivity index (χ0) is 17.4. The highest BCUT2D eigenvalue weighted by molar-refractivity contribution is 5.77. The molecule has 0 bridgehead atoms. The molecule has 1 amide bonds. The minimum absolute atomic E-state index is 0.0810. The van der Waals surface area contributed by atoms with Gasteiger partial charge in [-0.2, -0.15) is 0 Å². The largest absolute Gasteiger partial charge is 0.454 e. The fourth-order valence-corrected chi connectivity index (χ4v) is 4.52. The molecule has 1 aromatic rings. The molecule has 1 atom stereocenters. The maximum Gasteiger partial charge on any atom is 0.231 e. The summed E-state index contributed by atoms with van der Waals surface area (Å²) in [6.07, 6.45) is 5.77. The average molecular weight is 345 g/mol. The summed E-state index contributed by atoms with van der Waals surface area (Å²) in [6.45, 7) is 3.39. The minimum Gasteiger partial charge on any atom is -0.454 e. The van der Waals surface area contributed by atoms with E-state index in [2.05, 4.69) is 24.0 Å². The zero-order valence-electron chi connectivity index (χ0n) is 14.9. The summed E-state index contributed by atoms with van der Waals surface area (Å²) < 4.78 is 10.9. The summed E-state index contributed by atoms with van der Waals surface area (Å²) in [5.41, 5.74) is 1.32. The van der Waals surface area contributed by atoms with Gasteiger partial charge in [0, 0.05) is 19.0 Å². The topological polar surface area (TPSA) is 59.0 Å². The van der Waals surface area contributed by atoms with Gasteiger partial charge in [-0.1, -0.05) is 13.0 Å². The van der Waals surface area contributed by atoms with E-state index in [1.807, 2.05) is 6.07 Å².